The molecule has 0 spiro atoms. The van der Waals surface area contributed by atoms with Gasteiger partial charge in [-0.25, -0.2) is 0 Å². The van der Waals surface area contributed by atoms with Crippen LogP contribution in [0.5, 0.6) is 28.7 Å². The first-order chi connectivity index (χ1) is 11.6. The van der Waals surface area contributed by atoms with Gasteiger partial charge in [-0.15, -0.1) is 0 Å². The summed E-state index contributed by atoms with van der Waals surface area (Å²) in [5, 5.41) is 9.94. The third kappa shape index (κ3) is 3.93. The first-order valence-electron chi connectivity index (χ1n) is 7.56. The van der Waals surface area contributed by atoms with Crippen LogP contribution in [0.2, 0.25) is 0 Å². The standard InChI is InChI=1S/C19H22O5/c1-5-24-16-9-8-13(10-15(16)20)6-7-14-11-17(21-2)19(23-4)18(12-14)22-3/h6-12,20H,5H2,1-4H3/b7-6-. The molecule has 0 saturated heterocycles. The number of benzene rings is 2. The summed E-state index contributed by atoms with van der Waals surface area (Å²) in [6, 6.07) is 8.98. The molecule has 2 rings (SSSR count). The Kier molecular flexibility index (Phi) is 5.95. The fraction of sp³-hybridized carbons (Fsp3) is 0.263. The molecule has 0 unspecified atom stereocenters. The van der Waals surface area contributed by atoms with Crippen LogP contribution >= 0.6 is 0 Å². The molecule has 0 aliphatic heterocycles. The van der Waals surface area contributed by atoms with Gasteiger partial charge in [0.1, 0.15) is 0 Å². The van der Waals surface area contributed by atoms with E-state index < -0.39 is 0 Å². The third-order valence-electron chi connectivity index (χ3n) is 3.44. The molecule has 2 aromatic rings. The van der Waals surface area contributed by atoms with Gasteiger partial charge in [0.05, 0.1) is 27.9 Å². The van der Waals surface area contributed by atoms with Crippen molar-refractivity contribution in [3.05, 3.63) is 41.5 Å². The molecule has 0 saturated carbocycles. The highest BCUT2D eigenvalue weighted by Crippen LogP contribution is 2.38. The van der Waals surface area contributed by atoms with Gasteiger partial charge < -0.3 is 24.1 Å². The maximum Gasteiger partial charge on any atom is 0.203 e. The van der Waals surface area contributed by atoms with E-state index in [2.05, 4.69) is 0 Å². The van der Waals surface area contributed by atoms with Crippen LogP contribution in [0.25, 0.3) is 12.2 Å². The van der Waals surface area contributed by atoms with Crippen molar-refractivity contribution < 1.29 is 24.1 Å². The summed E-state index contributed by atoms with van der Waals surface area (Å²) < 4.78 is 21.3. The lowest BCUT2D eigenvalue weighted by Gasteiger charge is -2.12. The summed E-state index contributed by atoms with van der Waals surface area (Å²) >= 11 is 0. The molecule has 24 heavy (non-hydrogen) atoms. The van der Waals surface area contributed by atoms with Gasteiger partial charge >= 0.3 is 0 Å². The van der Waals surface area contributed by atoms with Gasteiger partial charge in [-0.3, -0.25) is 0 Å². The minimum atomic E-state index is 0.115. The number of methoxy groups -OCH3 is 3. The van der Waals surface area contributed by atoms with E-state index in [-0.39, 0.29) is 5.75 Å². The van der Waals surface area contributed by atoms with Crippen molar-refractivity contribution in [3.63, 3.8) is 0 Å². The molecule has 0 atom stereocenters. The molecule has 0 amide bonds. The zero-order valence-corrected chi connectivity index (χ0v) is 14.3. The fourth-order valence-electron chi connectivity index (χ4n) is 2.31. The largest absolute Gasteiger partial charge is 0.504 e. The molecule has 5 heteroatoms. The highest BCUT2D eigenvalue weighted by Gasteiger charge is 2.12. The van der Waals surface area contributed by atoms with Crippen molar-refractivity contribution in [3.8, 4) is 28.7 Å². The van der Waals surface area contributed by atoms with E-state index >= 15 is 0 Å². The van der Waals surface area contributed by atoms with E-state index in [9.17, 15) is 5.11 Å². The van der Waals surface area contributed by atoms with Gasteiger partial charge in [0.2, 0.25) is 5.75 Å². The van der Waals surface area contributed by atoms with E-state index in [1.807, 2.05) is 37.3 Å². The van der Waals surface area contributed by atoms with Crippen LogP contribution in [0.4, 0.5) is 0 Å². The highest BCUT2D eigenvalue weighted by atomic mass is 16.5. The fourth-order valence-corrected chi connectivity index (χ4v) is 2.31. The van der Waals surface area contributed by atoms with Gasteiger partial charge in [-0.05, 0) is 42.3 Å². The van der Waals surface area contributed by atoms with Crippen molar-refractivity contribution in [1.82, 2.24) is 0 Å². The van der Waals surface area contributed by atoms with Crippen molar-refractivity contribution in [2.24, 2.45) is 0 Å². The summed E-state index contributed by atoms with van der Waals surface area (Å²) in [5.74, 6) is 2.32. The summed E-state index contributed by atoms with van der Waals surface area (Å²) in [4.78, 5) is 0. The Balaban J connectivity index is 2.30. The molecule has 0 aliphatic carbocycles. The first-order valence-corrected chi connectivity index (χ1v) is 7.56. The average molecular weight is 330 g/mol. The number of rotatable bonds is 7. The Morgan fingerprint density at radius 2 is 1.46 bits per heavy atom. The van der Waals surface area contributed by atoms with E-state index in [0.29, 0.717) is 29.6 Å². The van der Waals surface area contributed by atoms with Crippen LogP contribution in [-0.4, -0.2) is 33.0 Å². The molecule has 2 aromatic carbocycles. The molecular weight excluding hydrogens is 308 g/mol. The Morgan fingerprint density at radius 1 is 0.833 bits per heavy atom. The molecule has 0 fully saturated rings. The molecule has 0 aliphatic rings. The summed E-state index contributed by atoms with van der Waals surface area (Å²) in [6.45, 7) is 2.38. The smallest absolute Gasteiger partial charge is 0.203 e. The van der Waals surface area contributed by atoms with Crippen molar-refractivity contribution in [1.29, 1.82) is 0 Å². The quantitative estimate of drug-likeness (QED) is 0.778. The number of hydrogen-bond donors (Lipinski definition) is 1. The molecule has 0 bridgehead atoms. The Bertz CT molecular complexity index is 697. The van der Waals surface area contributed by atoms with E-state index in [0.717, 1.165) is 11.1 Å². The normalized spacial score (nSPS) is 10.7. The predicted octanol–water partition coefficient (Wildman–Crippen LogP) is 3.99. The Labute approximate surface area is 142 Å². The van der Waals surface area contributed by atoms with Gasteiger partial charge in [0, 0.05) is 0 Å². The van der Waals surface area contributed by atoms with Crippen LogP contribution in [0.15, 0.2) is 30.3 Å². The van der Waals surface area contributed by atoms with Crippen LogP contribution in [-0.2, 0) is 0 Å². The lowest BCUT2D eigenvalue weighted by atomic mass is 10.1. The third-order valence-corrected chi connectivity index (χ3v) is 3.44. The molecule has 0 radical (unpaired) electrons. The van der Waals surface area contributed by atoms with Crippen LogP contribution < -0.4 is 18.9 Å². The number of phenolic OH excluding ortho intramolecular Hbond substituents is 1. The summed E-state index contributed by atoms with van der Waals surface area (Å²) in [6.07, 6.45) is 3.79. The van der Waals surface area contributed by atoms with Gasteiger partial charge in [-0.2, -0.15) is 0 Å². The lowest BCUT2D eigenvalue weighted by Crippen LogP contribution is -1.95. The molecular formula is C19H22O5. The monoisotopic (exact) mass is 330 g/mol. The summed E-state index contributed by atoms with van der Waals surface area (Å²) in [7, 11) is 4.73. The lowest BCUT2D eigenvalue weighted by molar-refractivity contribution is 0.318. The van der Waals surface area contributed by atoms with Crippen molar-refractivity contribution in [2.75, 3.05) is 27.9 Å². The second-order valence-electron chi connectivity index (χ2n) is 4.95. The van der Waals surface area contributed by atoms with Crippen LogP contribution in [0, 0.1) is 0 Å². The number of aromatic hydroxyl groups is 1. The van der Waals surface area contributed by atoms with E-state index in [1.54, 1.807) is 33.5 Å². The molecule has 1 N–H and O–H groups in total. The number of ether oxygens (including phenoxy) is 4. The second kappa shape index (κ2) is 8.15. The van der Waals surface area contributed by atoms with Crippen LogP contribution in [0.1, 0.15) is 18.1 Å². The highest BCUT2D eigenvalue weighted by molar-refractivity contribution is 5.73. The zero-order valence-electron chi connectivity index (χ0n) is 14.3. The predicted molar refractivity (Wildman–Crippen MR) is 94.3 cm³/mol. The van der Waals surface area contributed by atoms with Crippen LogP contribution in [0.3, 0.4) is 0 Å². The van der Waals surface area contributed by atoms with E-state index in [1.165, 1.54) is 0 Å². The summed E-state index contributed by atoms with van der Waals surface area (Å²) in [5.41, 5.74) is 1.74. The maximum atomic E-state index is 9.94. The topological polar surface area (TPSA) is 57.2 Å². The molecule has 128 valence electrons. The number of hydrogen-bond acceptors (Lipinski definition) is 5. The van der Waals surface area contributed by atoms with Gasteiger partial charge in [0.25, 0.3) is 0 Å². The minimum Gasteiger partial charge on any atom is -0.504 e. The maximum absolute atomic E-state index is 9.94. The average Bonchev–Trinajstić information content (AvgIpc) is 2.61. The molecule has 0 aromatic heterocycles. The zero-order chi connectivity index (χ0) is 17.5. The Hall–Kier alpha value is -2.82. The first kappa shape index (κ1) is 17.5. The van der Waals surface area contributed by atoms with Gasteiger partial charge in [-0.1, -0.05) is 18.2 Å². The van der Waals surface area contributed by atoms with E-state index in [4.69, 9.17) is 18.9 Å². The number of phenols is 1. The SMILES string of the molecule is CCOc1ccc(/C=C\c2cc(OC)c(OC)c(OC)c2)cc1O. The molecule has 0 heterocycles. The Morgan fingerprint density at radius 3 is 1.96 bits per heavy atom. The molecule has 5 nitrogen and oxygen atoms in total. The minimum absolute atomic E-state index is 0.115. The van der Waals surface area contributed by atoms with Gasteiger partial charge in [0.15, 0.2) is 23.0 Å². The second-order valence-corrected chi connectivity index (χ2v) is 4.95. The van der Waals surface area contributed by atoms with Crippen molar-refractivity contribution in [2.45, 2.75) is 6.92 Å². The van der Waals surface area contributed by atoms with Crippen molar-refractivity contribution >= 4 is 12.2 Å².